The first kappa shape index (κ1) is 15.7. The molecule has 0 saturated heterocycles. The van der Waals surface area contributed by atoms with Gasteiger partial charge in [0.25, 0.3) is 0 Å². The monoisotopic (exact) mass is 305 g/mol. The predicted octanol–water partition coefficient (Wildman–Crippen LogP) is 3.90. The van der Waals surface area contributed by atoms with Crippen LogP contribution in [-0.2, 0) is 13.0 Å². The highest BCUT2D eigenvalue weighted by Gasteiger charge is 2.17. The van der Waals surface area contributed by atoms with Crippen LogP contribution in [0.5, 0.6) is 17.2 Å². The van der Waals surface area contributed by atoms with Crippen molar-refractivity contribution in [3.05, 3.63) is 53.6 Å². The summed E-state index contributed by atoms with van der Waals surface area (Å²) in [6, 6.07) is 14.0. The van der Waals surface area contributed by atoms with Gasteiger partial charge in [0.1, 0.15) is 17.2 Å². The third-order valence-corrected chi connectivity index (χ3v) is 3.70. The van der Waals surface area contributed by atoms with Crippen LogP contribution >= 0.6 is 12.4 Å². The van der Waals surface area contributed by atoms with Gasteiger partial charge in [-0.2, -0.15) is 0 Å². The Labute approximate surface area is 131 Å². The van der Waals surface area contributed by atoms with Gasteiger partial charge in [-0.25, -0.2) is 0 Å². The Kier molecular flexibility index (Phi) is 5.10. The fourth-order valence-electron chi connectivity index (χ4n) is 2.58. The molecule has 0 atom stereocenters. The van der Waals surface area contributed by atoms with Crippen molar-refractivity contribution >= 4 is 12.4 Å². The molecule has 0 fully saturated rings. The van der Waals surface area contributed by atoms with Crippen LogP contribution in [0.3, 0.4) is 0 Å². The maximum Gasteiger partial charge on any atom is 0.130 e. The number of halogens is 1. The lowest BCUT2D eigenvalue weighted by Gasteiger charge is -2.26. The SMILES string of the molecule is COc1ccc(Oc2cccc3c2CCN(C)C3)cc1.Cl. The summed E-state index contributed by atoms with van der Waals surface area (Å²) in [5.74, 6) is 2.66. The lowest BCUT2D eigenvalue weighted by Crippen LogP contribution is -2.26. The number of likely N-dealkylation sites (N-methyl/N-ethyl adjacent to an activating group) is 1. The first-order valence-electron chi connectivity index (χ1n) is 6.87. The molecule has 4 heteroatoms. The third-order valence-electron chi connectivity index (χ3n) is 3.70. The van der Waals surface area contributed by atoms with E-state index in [2.05, 4.69) is 24.1 Å². The number of fused-ring (bicyclic) bond motifs is 1. The summed E-state index contributed by atoms with van der Waals surface area (Å²) in [6.07, 6.45) is 1.04. The van der Waals surface area contributed by atoms with E-state index in [-0.39, 0.29) is 12.4 Å². The molecule has 1 aliphatic heterocycles. The van der Waals surface area contributed by atoms with E-state index in [9.17, 15) is 0 Å². The molecule has 0 spiro atoms. The van der Waals surface area contributed by atoms with Crippen molar-refractivity contribution in [2.75, 3.05) is 20.7 Å². The van der Waals surface area contributed by atoms with Gasteiger partial charge in [-0.3, -0.25) is 0 Å². The molecule has 0 N–H and O–H groups in total. The van der Waals surface area contributed by atoms with Crippen molar-refractivity contribution in [3.8, 4) is 17.2 Å². The minimum Gasteiger partial charge on any atom is -0.497 e. The Balaban J connectivity index is 0.00000161. The second-order valence-corrected chi connectivity index (χ2v) is 5.16. The van der Waals surface area contributed by atoms with Crippen LogP contribution in [0.1, 0.15) is 11.1 Å². The number of hydrogen-bond acceptors (Lipinski definition) is 3. The van der Waals surface area contributed by atoms with Crippen molar-refractivity contribution in [1.29, 1.82) is 0 Å². The van der Waals surface area contributed by atoms with E-state index in [1.165, 1.54) is 11.1 Å². The quantitative estimate of drug-likeness (QED) is 0.858. The molecular weight excluding hydrogens is 286 g/mol. The molecule has 0 aromatic heterocycles. The molecule has 2 aromatic rings. The summed E-state index contributed by atoms with van der Waals surface area (Å²) < 4.78 is 11.2. The van der Waals surface area contributed by atoms with Crippen LogP contribution in [0.15, 0.2) is 42.5 Å². The largest absolute Gasteiger partial charge is 0.497 e. The average Bonchev–Trinajstić information content (AvgIpc) is 2.48. The second-order valence-electron chi connectivity index (χ2n) is 5.16. The van der Waals surface area contributed by atoms with Crippen molar-refractivity contribution in [2.24, 2.45) is 0 Å². The topological polar surface area (TPSA) is 21.7 Å². The molecular formula is C17H20ClNO2. The van der Waals surface area contributed by atoms with Gasteiger partial charge < -0.3 is 14.4 Å². The van der Waals surface area contributed by atoms with Gasteiger partial charge in [0.2, 0.25) is 0 Å². The van der Waals surface area contributed by atoms with Crippen molar-refractivity contribution in [2.45, 2.75) is 13.0 Å². The second kappa shape index (κ2) is 6.83. The maximum absolute atomic E-state index is 6.04. The fraction of sp³-hybridized carbons (Fsp3) is 0.294. The summed E-state index contributed by atoms with van der Waals surface area (Å²) in [7, 11) is 3.82. The lowest BCUT2D eigenvalue weighted by molar-refractivity contribution is 0.309. The van der Waals surface area contributed by atoms with E-state index in [4.69, 9.17) is 9.47 Å². The molecule has 1 aliphatic rings. The Hall–Kier alpha value is -1.71. The van der Waals surface area contributed by atoms with E-state index in [1.807, 2.05) is 30.3 Å². The highest BCUT2D eigenvalue weighted by molar-refractivity contribution is 5.85. The van der Waals surface area contributed by atoms with E-state index >= 15 is 0 Å². The maximum atomic E-state index is 6.04. The van der Waals surface area contributed by atoms with Gasteiger partial charge in [0.05, 0.1) is 7.11 Å². The zero-order valence-electron chi connectivity index (χ0n) is 12.3. The molecule has 0 amide bonds. The number of nitrogens with zero attached hydrogens (tertiary/aromatic N) is 1. The van der Waals surface area contributed by atoms with Crippen LogP contribution in [-0.4, -0.2) is 25.6 Å². The van der Waals surface area contributed by atoms with Crippen molar-refractivity contribution < 1.29 is 9.47 Å². The summed E-state index contributed by atoms with van der Waals surface area (Å²) in [4.78, 5) is 2.33. The summed E-state index contributed by atoms with van der Waals surface area (Å²) in [5, 5.41) is 0. The van der Waals surface area contributed by atoms with Crippen LogP contribution < -0.4 is 9.47 Å². The van der Waals surface area contributed by atoms with Crippen molar-refractivity contribution in [1.82, 2.24) is 4.90 Å². The Bertz CT molecular complexity index is 598. The molecule has 112 valence electrons. The summed E-state index contributed by atoms with van der Waals surface area (Å²) in [6.45, 7) is 2.07. The molecule has 0 saturated carbocycles. The standard InChI is InChI=1S/C17H19NO2.ClH/c1-18-11-10-16-13(12-18)4-3-5-17(16)20-15-8-6-14(19-2)7-9-15;/h3-9H,10-12H2,1-2H3;1H. The predicted molar refractivity (Wildman–Crippen MR) is 86.8 cm³/mol. The normalized spacial score (nSPS) is 14.0. The third kappa shape index (κ3) is 3.49. The Morgan fingerprint density at radius 2 is 1.71 bits per heavy atom. The van der Waals surface area contributed by atoms with Gasteiger partial charge in [0, 0.05) is 18.7 Å². The zero-order valence-corrected chi connectivity index (χ0v) is 13.2. The molecule has 21 heavy (non-hydrogen) atoms. The lowest BCUT2D eigenvalue weighted by atomic mass is 9.99. The number of benzene rings is 2. The molecule has 0 unspecified atom stereocenters. The molecule has 0 radical (unpaired) electrons. The van der Waals surface area contributed by atoms with Crippen LogP contribution in [0.4, 0.5) is 0 Å². The van der Waals surface area contributed by atoms with E-state index < -0.39 is 0 Å². The van der Waals surface area contributed by atoms with E-state index in [0.717, 1.165) is 36.8 Å². The van der Waals surface area contributed by atoms with Gasteiger partial charge in [-0.1, -0.05) is 12.1 Å². The molecule has 0 bridgehead atoms. The van der Waals surface area contributed by atoms with Gasteiger partial charge >= 0.3 is 0 Å². The average molecular weight is 306 g/mol. The highest BCUT2D eigenvalue weighted by atomic mass is 35.5. The summed E-state index contributed by atoms with van der Waals surface area (Å²) >= 11 is 0. The van der Waals surface area contributed by atoms with Crippen LogP contribution in [0.2, 0.25) is 0 Å². The van der Waals surface area contributed by atoms with E-state index in [0.29, 0.717) is 0 Å². The van der Waals surface area contributed by atoms with Gasteiger partial charge in [-0.05, 0) is 49.4 Å². The minimum absolute atomic E-state index is 0. The first-order chi connectivity index (χ1) is 9.76. The minimum atomic E-state index is 0. The number of methoxy groups -OCH3 is 1. The van der Waals surface area contributed by atoms with Crippen LogP contribution in [0, 0.1) is 0 Å². The number of rotatable bonds is 3. The summed E-state index contributed by atoms with van der Waals surface area (Å²) in [5.41, 5.74) is 2.70. The van der Waals surface area contributed by atoms with Crippen molar-refractivity contribution in [3.63, 3.8) is 0 Å². The van der Waals surface area contributed by atoms with Gasteiger partial charge in [0.15, 0.2) is 0 Å². The highest BCUT2D eigenvalue weighted by Crippen LogP contribution is 2.31. The van der Waals surface area contributed by atoms with Crippen LogP contribution in [0.25, 0.3) is 0 Å². The smallest absolute Gasteiger partial charge is 0.130 e. The van der Waals surface area contributed by atoms with E-state index in [1.54, 1.807) is 7.11 Å². The Morgan fingerprint density at radius 3 is 2.43 bits per heavy atom. The molecule has 3 rings (SSSR count). The fourth-order valence-corrected chi connectivity index (χ4v) is 2.58. The molecule has 0 aliphatic carbocycles. The molecule has 1 heterocycles. The molecule has 3 nitrogen and oxygen atoms in total. The first-order valence-corrected chi connectivity index (χ1v) is 6.87. The number of ether oxygens (including phenoxy) is 2. The number of hydrogen-bond donors (Lipinski definition) is 0. The van der Waals surface area contributed by atoms with Gasteiger partial charge in [-0.15, -0.1) is 12.4 Å². The molecule has 2 aromatic carbocycles. The zero-order chi connectivity index (χ0) is 13.9. The Morgan fingerprint density at radius 1 is 1.00 bits per heavy atom.